The number of carbonyl (C=O) groups is 1. The summed E-state index contributed by atoms with van der Waals surface area (Å²) in [5.41, 5.74) is 1.59. The van der Waals surface area contributed by atoms with Crippen molar-refractivity contribution in [3.05, 3.63) is 42.4 Å². The molecule has 1 unspecified atom stereocenters. The quantitative estimate of drug-likeness (QED) is 0.678. The molecule has 2 aliphatic rings. The summed E-state index contributed by atoms with van der Waals surface area (Å²) in [6.07, 6.45) is 6.56. The minimum Gasteiger partial charge on any atom is -0.490 e. The van der Waals surface area contributed by atoms with Gasteiger partial charge in [-0.1, -0.05) is 11.3 Å². The second-order valence-electron chi connectivity index (χ2n) is 7.82. The number of carbonyl (C=O) groups excluding carboxylic acids is 1. The van der Waals surface area contributed by atoms with Crippen molar-refractivity contribution in [3.8, 4) is 5.75 Å². The van der Waals surface area contributed by atoms with E-state index in [2.05, 4.69) is 39.3 Å². The molecule has 2 saturated heterocycles. The summed E-state index contributed by atoms with van der Waals surface area (Å²) < 4.78 is 15.8. The third kappa shape index (κ3) is 3.48. The Labute approximate surface area is 169 Å². The molecule has 3 aromatic rings. The normalized spacial score (nSPS) is 20.4. The highest BCUT2D eigenvalue weighted by Gasteiger charge is 2.27. The lowest BCUT2D eigenvalue weighted by Gasteiger charge is -2.31. The molecule has 152 valence electrons. The van der Waals surface area contributed by atoms with Crippen LogP contribution in [0.5, 0.6) is 5.75 Å². The van der Waals surface area contributed by atoms with Crippen LogP contribution in [0, 0.1) is 0 Å². The summed E-state index contributed by atoms with van der Waals surface area (Å²) >= 11 is 0. The number of hydrogen-bond acceptors (Lipinski definition) is 5. The predicted molar refractivity (Wildman–Crippen MR) is 107 cm³/mol. The van der Waals surface area contributed by atoms with Crippen LogP contribution in [0.3, 0.4) is 0 Å². The Morgan fingerprint density at radius 2 is 2.07 bits per heavy atom. The van der Waals surface area contributed by atoms with E-state index in [0.29, 0.717) is 24.8 Å². The maximum Gasteiger partial charge on any atom is 0.276 e. The zero-order valence-electron chi connectivity index (χ0n) is 16.5. The molecule has 8 nitrogen and oxygen atoms in total. The lowest BCUT2D eigenvalue weighted by molar-refractivity contribution is 0.0592. The first kappa shape index (κ1) is 18.2. The van der Waals surface area contributed by atoms with Crippen molar-refractivity contribution in [1.82, 2.24) is 24.5 Å². The van der Waals surface area contributed by atoms with Crippen molar-refractivity contribution >= 4 is 16.8 Å². The fraction of sp³-hybridized carbons (Fsp3) is 0.476. The lowest BCUT2D eigenvalue weighted by atomic mass is 10.1. The third-order valence-corrected chi connectivity index (χ3v) is 5.87. The summed E-state index contributed by atoms with van der Waals surface area (Å²) in [6.45, 7) is 2.92. The molecule has 2 aliphatic heterocycles. The number of rotatable bonds is 4. The topological polar surface area (TPSA) is 74.4 Å². The molecular weight excluding hydrogens is 370 g/mol. The van der Waals surface area contributed by atoms with E-state index in [1.54, 1.807) is 17.9 Å². The van der Waals surface area contributed by atoms with Crippen molar-refractivity contribution < 1.29 is 14.3 Å². The molecule has 0 aliphatic carbocycles. The largest absolute Gasteiger partial charge is 0.490 e. The van der Waals surface area contributed by atoms with Gasteiger partial charge in [-0.3, -0.25) is 9.48 Å². The van der Waals surface area contributed by atoms with Crippen molar-refractivity contribution in [2.45, 2.75) is 31.4 Å². The molecule has 0 spiro atoms. The number of fused-ring (bicyclic) bond motifs is 1. The lowest BCUT2D eigenvalue weighted by Crippen LogP contribution is -2.42. The number of aromatic nitrogens is 4. The van der Waals surface area contributed by atoms with Gasteiger partial charge in [-0.15, -0.1) is 5.10 Å². The van der Waals surface area contributed by atoms with Crippen molar-refractivity contribution in [3.63, 3.8) is 0 Å². The first-order chi connectivity index (χ1) is 14.2. The fourth-order valence-corrected chi connectivity index (χ4v) is 4.29. The minimum absolute atomic E-state index is 0.0606. The molecule has 0 N–H and O–H groups in total. The van der Waals surface area contributed by atoms with Gasteiger partial charge in [-0.25, -0.2) is 0 Å². The molecule has 4 heterocycles. The number of nitrogens with zero attached hydrogens (tertiary/aromatic N) is 5. The number of benzene rings is 1. The monoisotopic (exact) mass is 395 g/mol. The molecule has 1 atom stereocenters. The number of piperidine rings is 1. The molecule has 1 amide bonds. The molecule has 0 saturated carbocycles. The Morgan fingerprint density at radius 1 is 1.21 bits per heavy atom. The molecule has 1 aromatic carbocycles. The van der Waals surface area contributed by atoms with Crippen LogP contribution in [-0.2, 0) is 11.8 Å². The second kappa shape index (κ2) is 7.51. The van der Waals surface area contributed by atoms with E-state index in [1.165, 1.54) is 5.52 Å². The van der Waals surface area contributed by atoms with Gasteiger partial charge in [0.05, 0.1) is 24.4 Å². The van der Waals surface area contributed by atoms with Crippen molar-refractivity contribution in [1.29, 1.82) is 0 Å². The first-order valence-corrected chi connectivity index (χ1v) is 10.2. The van der Waals surface area contributed by atoms with Gasteiger partial charge in [-0.2, -0.15) is 0 Å². The molecule has 2 fully saturated rings. The Kier molecular flexibility index (Phi) is 4.71. The summed E-state index contributed by atoms with van der Waals surface area (Å²) in [6, 6.07) is 8.77. The fourth-order valence-electron chi connectivity index (χ4n) is 4.29. The third-order valence-electron chi connectivity index (χ3n) is 5.87. The maximum absolute atomic E-state index is 12.5. The van der Waals surface area contributed by atoms with Gasteiger partial charge in [0.2, 0.25) is 0 Å². The highest BCUT2D eigenvalue weighted by atomic mass is 16.5. The van der Waals surface area contributed by atoms with E-state index >= 15 is 0 Å². The Hall–Kier alpha value is -2.87. The van der Waals surface area contributed by atoms with E-state index in [4.69, 9.17) is 9.47 Å². The minimum atomic E-state index is -0.0606. The van der Waals surface area contributed by atoms with Gasteiger partial charge >= 0.3 is 0 Å². The molecule has 2 aromatic heterocycles. The first-order valence-electron chi connectivity index (χ1n) is 10.2. The predicted octanol–water partition coefficient (Wildman–Crippen LogP) is 2.41. The SMILES string of the molecule is Cn1cc(C(=O)N2CCC(Oc3cccc4c3ccn4C3CCOC3)CC2)nn1. The van der Waals surface area contributed by atoms with Crippen molar-refractivity contribution in [2.75, 3.05) is 26.3 Å². The zero-order valence-corrected chi connectivity index (χ0v) is 16.5. The van der Waals surface area contributed by atoms with Gasteiger partial charge < -0.3 is 18.9 Å². The van der Waals surface area contributed by atoms with Crippen LogP contribution >= 0.6 is 0 Å². The van der Waals surface area contributed by atoms with Crippen molar-refractivity contribution in [2.24, 2.45) is 7.05 Å². The Bertz CT molecular complexity index is 1010. The van der Waals surface area contributed by atoms with Gasteiger partial charge in [0.25, 0.3) is 5.91 Å². The van der Waals surface area contributed by atoms with Crippen LogP contribution in [-0.4, -0.2) is 62.8 Å². The number of aryl methyl sites for hydroxylation is 1. The van der Waals surface area contributed by atoms with E-state index in [1.807, 2.05) is 11.0 Å². The number of amides is 1. The molecule has 29 heavy (non-hydrogen) atoms. The Morgan fingerprint density at radius 3 is 2.79 bits per heavy atom. The van der Waals surface area contributed by atoms with Crippen LogP contribution in [0.25, 0.3) is 10.9 Å². The van der Waals surface area contributed by atoms with Crippen LogP contribution in [0.4, 0.5) is 0 Å². The summed E-state index contributed by atoms with van der Waals surface area (Å²) in [4.78, 5) is 14.4. The van der Waals surface area contributed by atoms with E-state index in [0.717, 1.165) is 43.6 Å². The molecule has 5 rings (SSSR count). The second-order valence-corrected chi connectivity index (χ2v) is 7.82. The zero-order chi connectivity index (χ0) is 19.8. The number of ether oxygens (including phenoxy) is 2. The number of hydrogen-bond donors (Lipinski definition) is 0. The van der Waals surface area contributed by atoms with Crippen LogP contribution < -0.4 is 4.74 Å². The highest BCUT2D eigenvalue weighted by molar-refractivity contribution is 5.92. The van der Waals surface area contributed by atoms with Gasteiger partial charge in [-0.05, 0) is 24.6 Å². The summed E-state index contributed by atoms with van der Waals surface area (Å²) in [5.74, 6) is 0.855. The standard InChI is InChI=1S/C21H25N5O3/c1-24-13-18(22-23-24)21(27)25-9-5-16(6-10-25)29-20-4-2-3-19-17(20)7-11-26(19)15-8-12-28-14-15/h2-4,7,11,13,15-16H,5-6,8-10,12,14H2,1H3. The van der Waals surface area contributed by atoms with Crippen LogP contribution in [0.1, 0.15) is 35.8 Å². The molecule has 8 heteroatoms. The van der Waals surface area contributed by atoms with Crippen LogP contribution in [0.2, 0.25) is 0 Å². The highest BCUT2D eigenvalue weighted by Crippen LogP contribution is 2.32. The average Bonchev–Trinajstić information content (AvgIpc) is 3.48. The Balaban J connectivity index is 1.26. The van der Waals surface area contributed by atoms with Gasteiger partial charge in [0, 0.05) is 51.2 Å². The number of likely N-dealkylation sites (tertiary alicyclic amines) is 1. The van der Waals surface area contributed by atoms with E-state index < -0.39 is 0 Å². The maximum atomic E-state index is 12.5. The van der Waals surface area contributed by atoms with Gasteiger partial charge in [0.1, 0.15) is 11.9 Å². The molecule has 0 radical (unpaired) electrons. The summed E-state index contributed by atoms with van der Waals surface area (Å²) in [5, 5.41) is 8.91. The van der Waals surface area contributed by atoms with Crippen LogP contribution in [0.15, 0.2) is 36.7 Å². The van der Waals surface area contributed by atoms with Gasteiger partial charge in [0.15, 0.2) is 5.69 Å². The van der Waals surface area contributed by atoms with E-state index in [9.17, 15) is 4.79 Å². The molecule has 0 bridgehead atoms. The smallest absolute Gasteiger partial charge is 0.276 e. The molecular formula is C21H25N5O3. The summed E-state index contributed by atoms with van der Waals surface area (Å²) in [7, 11) is 1.76. The van der Waals surface area contributed by atoms with E-state index in [-0.39, 0.29) is 12.0 Å². The average molecular weight is 395 g/mol.